The molecule has 0 atom stereocenters. The number of rotatable bonds is 5. The molecule has 2 aromatic rings. The number of nitrogens with one attached hydrogen (secondary N) is 1. The molecule has 0 amide bonds. The van der Waals surface area contributed by atoms with Gasteiger partial charge in [0.05, 0.1) is 10.6 Å². The summed E-state index contributed by atoms with van der Waals surface area (Å²) in [6.07, 6.45) is 2.00. The summed E-state index contributed by atoms with van der Waals surface area (Å²) in [7, 11) is 0. The van der Waals surface area contributed by atoms with Crippen molar-refractivity contribution in [3.63, 3.8) is 0 Å². The molecule has 7 nitrogen and oxygen atoms in total. The Morgan fingerprint density at radius 1 is 1.60 bits per heavy atom. The SMILES string of the molecule is CCCn1c(Sc2ncc(C(=O)O)cc2Cl)n[nH]c1=O. The van der Waals surface area contributed by atoms with Crippen molar-refractivity contribution in [2.75, 3.05) is 0 Å². The second kappa shape index (κ2) is 6.10. The van der Waals surface area contributed by atoms with Crippen LogP contribution in [0.15, 0.2) is 27.2 Å². The Balaban J connectivity index is 2.31. The Bertz CT molecular complexity index is 697. The van der Waals surface area contributed by atoms with Crippen LogP contribution in [-0.2, 0) is 6.54 Å². The van der Waals surface area contributed by atoms with E-state index in [1.807, 2.05) is 6.92 Å². The highest BCUT2D eigenvalue weighted by Crippen LogP contribution is 2.30. The molecule has 2 rings (SSSR count). The van der Waals surface area contributed by atoms with Gasteiger partial charge in [-0.15, -0.1) is 5.10 Å². The number of nitrogens with zero attached hydrogens (tertiary/aromatic N) is 3. The second-order valence-electron chi connectivity index (χ2n) is 3.88. The molecule has 0 aliphatic carbocycles. The lowest BCUT2D eigenvalue weighted by molar-refractivity contribution is 0.0696. The summed E-state index contributed by atoms with van der Waals surface area (Å²) in [5.41, 5.74) is -0.292. The minimum atomic E-state index is -1.10. The summed E-state index contributed by atoms with van der Waals surface area (Å²) in [5.74, 6) is -1.10. The first-order valence-corrected chi connectivity index (χ1v) is 6.94. The molecule has 0 aliphatic heterocycles. The average molecular weight is 315 g/mol. The lowest BCUT2D eigenvalue weighted by atomic mass is 10.3. The maximum atomic E-state index is 11.5. The van der Waals surface area contributed by atoms with Gasteiger partial charge in [0.1, 0.15) is 5.03 Å². The van der Waals surface area contributed by atoms with Gasteiger partial charge < -0.3 is 5.11 Å². The van der Waals surface area contributed by atoms with Gasteiger partial charge in [0, 0.05) is 12.7 Å². The van der Waals surface area contributed by atoms with E-state index in [-0.39, 0.29) is 16.3 Å². The minimum Gasteiger partial charge on any atom is -0.478 e. The maximum absolute atomic E-state index is 11.5. The molecule has 0 bridgehead atoms. The number of halogens is 1. The van der Waals surface area contributed by atoms with Crippen molar-refractivity contribution < 1.29 is 9.90 Å². The highest BCUT2D eigenvalue weighted by Gasteiger charge is 2.14. The Hall–Kier alpha value is -1.80. The molecule has 20 heavy (non-hydrogen) atoms. The Labute approximate surface area is 123 Å². The van der Waals surface area contributed by atoms with Crippen LogP contribution in [0, 0.1) is 0 Å². The highest BCUT2D eigenvalue weighted by atomic mass is 35.5. The lowest BCUT2D eigenvalue weighted by Gasteiger charge is -2.05. The van der Waals surface area contributed by atoms with E-state index in [9.17, 15) is 9.59 Å². The fourth-order valence-electron chi connectivity index (χ4n) is 1.51. The Morgan fingerprint density at radius 2 is 2.35 bits per heavy atom. The molecule has 2 aromatic heterocycles. The van der Waals surface area contributed by atoms with Gasteiger partial charge in [-0.3, -0.25) is 4.57 Å². The van der Waals surface area contributed by atoms with Gasteiger partial charge in [0.2, 0.25) is 0 Å². The van der Waals surface area contributed by atoms with Crippen molar-refractivity contribution in [1.29, 1.82) is 0 Å². The van der Waals surface area contributed by atoms with Gasteiger partial charge in [0.25, 0.3) is 0 Å². The van der Waals surface area contributed by atoms with E-state index in [1.54, 1.807) is 0 Å². The summed E-state index contributed by atoms with van der Waals surface area (Å²) in [4.78, 5) is 26.3. The van der Waals surface area contributed by atoms with E-state index in [0.717, 1.165) is 18.2 Å². The molecule has 2 heterocycles. The summed E-state index contributed by atoms with van der Waals surface area (Å²) in [6, 6.07) is 1.31. The number of carboxylic acid groups (broad SMARTS) is 1. The summed E-state index contributed by atoms with van der Waals surface area (Å²) in [6.45, 7) is 2.48. The zero-order valence-electron chi connectivity index (χ0n) is 10.5. The van der Waals surface area contributed by atoms with Crippen LogP contribution in [0.3, 0.4) is 0 Å². The van der Waals surface area contributed by atoms with E-state index in [2.05, 4.69) is 15.2 Å². The first-order valence-electron chi connectivity index (χ1n) is 5.74. The molecular weight excluding hydrogens is 304 g/mol. The number of aromatic amines is 1. The molecule has 9 heteroatoms. The summed E-state index contributed by atoms with van der Waals surface area (Å²) < 4.78 is 1.48. The number of pyridine rings is 1. The van der Waals surface area contributed by atoms with Crippen LogP contribution in [0.2, 0.25) is 5.02 Å². The van der Waals surface area contributed by atoms with E-state index < -0.39 is 5.97 Å². The average Bonchev–Trinajstić information content (AvgIpc) is 2.74. The molecule has 0 aromatic carbocycles. The van der Waals surface area contributed by atoms with Crippen molar-refractivity contribution >= 4 is 29.3 Å². The van der Waals surface area contributed by atoms with Gasteiger partial charge in [-0.2, -0.15) is 0 Å². The van der Waals surface area contributed by atoms with Gasteiger partial charge in [-0.25, -0.2) is 19.7 Å². The minimum absolute atomic E-state index is 0.00678. The van der Waals surface area contributed by atoms with Crippen LogP contribution in [0.25, 0.3) is 0 Å². The lowest BCUT2D eigenvalue weighted by Crippen LogP contribution is -2.17. The van der Waals surface area contributed by atoms with Crippen LogP contribution < -0.4 is 5.69 Å². The molecular formula is C11H11ClN4O3S. The third-order valence-corrected chi connectivity index (χ3v) is 3.83. The van der Waals surface area contributed by atoms with Crippen LogP contribution in [0.4, 0.5) is 0 Å². The van der Waals surface area contributed by atoms with E-state index in [4.69, 9.17) is 16.7 Å². The van der Waals surface area contributed by atoms with Crippen molar-refractivity contribution in [3.05, 3.63) is 33.3 Å². The van der Waals surface area contributed by atoms with Gasteiger partial charge in [-0.1, -0.05) is 18.5 Å². The normalized spacial score (nSPS) is 10.7. The Morgan fingerprint density at radius 3 is 2.95 bits per heavy atom. The smallest absolute Gasteiger partial charge is 0.343 e. The predicted molar refractivity (Wildman–Crippen MR) is 73.5 cm³/mol. The quantitative estimate of drug-likeness (QED) is 0.873. The van der Waals surface area contributed by atoms with Crippen molar-refractivity contribution in [1.82, 2.24) is 19.7 Å². The third-order valence-electron chi connectivity index (χ3n) is 2.41. The molecule has 2 N–H and O–H groups in total. The first kappa shape index (κ1) is 14.6. The number of carbonyl (C=O) groups is 1. The summed E-state index contributed by atoms with van der Waals surface area (Å²) in [5, 5.41) is 16.1. The number of hydrogen-bond acceptors (Lipinski definition) is 5. The third kappa shape index (κ3) is 3.02. The number of H-pyrrole nitrogens is 1. The van der Waals surface area contributed by atoms with Gasteiger partial charge in [0.15, 0.2) is 5.16 Å². The molecule has 106 valence electrons. The van der Waals surface area contributed by atoms with Crippen LogP contribution in [0.5, 0.6) is 0 Å². The molecule has 0 aliphatic rings. The number of aromatic carboxylic acids is 1. The molecule has 0 radical (unpaired) electrons. The van der Waals surface area contributed by atoms with E-state index in [0.29, 0.717) is 16.7 Å². The molecule has 0 saturated heterocycles. The topological polar surface area (TPSA) is 101 Å². The zero-order valence-corrected chi connectivity index (χ0v) is 12.0. The van der Waals surface area contributed by atoms with Crippen LogP contribution in [-0.4, -0.2) is 30.8 Å². The van der Waals surface area contributed by atoms with Crippen LogP contribution in [0.1, 0.15) is 23.7 Å². The van der Waals surface area contributed by atoms with Crippen LogP contribution >= 0.6 is 23.4 Å². The zero-order chi connectivity index (χ0) is 14.7. The first-order chi connectivity index (χ1) is 9.52. The largest absolute Gasteiger partial charge is 0.478 e. The highest BCUT2D eigenvalue weighted by molar-refractivity contribution is 7.99. The summed E-state index contributed by atoms with van der Waals surface area (Å²) >= 11 is 7.09. The number of carboxylic acids is 1. The van der Waals surface area contributed by atoms with E-state index >= 15 is 0 Å². The second-order valence-corrected chi connectivity index (χ2v) is 5.24. The van der Waals surface area contributed by atoms with Gasteiger partial charge >= 0.3 is 11.7 Å². The fourth-order valence-corrected chi connectivity index (χ4v) is 2.60. The number of hydrogen-bond donors (Lipinski definition) is 2. The predicted octanol–water partition coefficient (Wildman–Crippen LogP) is 1.88. The van der Waals surface area contributed by atoms with Crippen molar-refractivity contribution in [2.45, 2.75) is 30.1 Å². The fraction of sp³-hybridized carbons (Fsp3) is 0.273. The standard InChI is InChI=1S/C11H11ClN4O3S/c1-2-3-16-10(19)14-15-11(16)20-8-7(12)4-6(5-13-8)9(17)18/h4-5H,2-3H2,1H3,(H,14,19)(H,17,18). The number of aromatic nitrogens is 4. The molecule has 0 spiro atoms. The molecule has 0 unspecified atom stereocenters. The Kier molecular flexibility index (Phi) is 4.46. The van der Waals surface area contributed by atoms with Crippen molar-refractivity contribution in [2.24, 2.45) is 0 Å². The molecule has 0 saturated carbocycles. The van der Waals surface area contributed by atoms with Crippen molar-refractivity contribution in [3.8, 4) is 0 Å². The van der Waals surface area contributed by atoms with Gasteiger partial charge in [-0.05, 0) is 24.2 Å². The molecule has 0 fully saturated rings. The van der Waals surface area contributed by atoms with E-state index in [1.165, 1.54) is 16.8 Å². The maximum Gasteiger partial charge on any atom is 0.343 e. The monoisotopic (exact) mass is 314 g/mol.